The Balaban J connectivity index is 1.79. The van der Waals surface area contributed by atoms with Crippen LogP contribution in [0.25, 0.3) is 0 Å². The van der Waals surface area contributed by atoms with Gasteiger partial charge in [-0.1, -0.05) is 30.3 Å². The van der Waals surface area contributed by atoms with E-state index in [4.69, 9.17) is 16.3 Å². The van der Waals surface area contributed by atoms with E-state index in [2.05, 4.69) is 0 Å². The van der Waals surface area contributed by atoms with Crippen LogP contribution < -0.4 is 0 Å². The molecule has 1 aromatic rings. The molecule has 1 aromatic carbocycles. The molecule has 0 heterocycles. The molecule has 17 heavy (non-hydrogen) atoms. The molecule has 0 radical (unpaired) electrons. The molecule has 1 saturated carbocycles. The average molecular weight is 261 g/mol. The van der Waals surface area contributed by atoms with Crippen LogP contribution in [0.1, 0.15) is 18.4 Å². The Labute approximate surface area is 105 Å². The fourth-order valence-electron chi connectivity index (χ4n) is 2.24. The fourth-order valence-corrected chi connectivity index (χ4v) is 2.51. The van der Waals surface area contributed by atoms with Crippen LogP contribution >= 0.6 is 11.6 Å². The van der Waals surface area contributed by atoms with Gasteiger partial charge in [0.2, 0.25) is 5.92 Å². The molecule has 1 fully saturated rings. The van der Waals surface area contributed by atoms with Gasteiger partial charge < -0.3 is 4.74 Å². The number of alkyl halides is 3. The summed E-state index contributed by atoms with van der Waals surface area (Å²) in [6.45, 7) is 0.756. The summed E-state index contributed by atoms with van der Waals surface area (Å²) in [6.07, 6.45) is -0.309. The Bertz CT molecular complexity index is 359. The molecule has 0 bridgehead atoms. The standard InChI is InChI=1S/C13H15ClF2O/c14-9-12(7-13(15,16)8-12)10-17-6-11-4-2-1-3-5-11/h1-5H,6-10H2. The first-order valence-electron chi connectivity index (χ1n) is 5.61. The molecule has 2 rings (SSSR count). The highest BCUT2D eigenvalue weighted by atomic mass is 35.5. The minimum Gasteiger partial charge on any atom is -0.376 e. The van der Waals surface area contributed by atoms with Crippen molar-refractivity contribution >= 4 is 11.6 Å². The van der Waals surface area contributed by atoms with Crippen LogP contribution in [0.5, 0.6) is 0 Å². The van der Waals surface area contributed by atoms with Crippen LogP contribution in [0.3, 0.4) is 0 Å². The third-order valence-corrected chi connectivity index (χ3v) is 3.64. The Kier molecular flexibility index (Phi) is 3.69. The monoisotopic (exact) mass is 260 g/mol. The van der Waals surface area contributed by atoms with Gasteiger partial charge >= 0.3 is 0 Å². The highest BCUT2D eigenvalue weighted by molar-refractivity contribution is 6.18. The lowest BCUT2D eigenvalue weighted by Gasteiger charge is -2.45. The van der Waals surface area contributed by atoms with Gasteiger partial charge in [0.05, 0.1) is 13.2 Å². The van der Waals surface area contributed by atoms with Crippen LogP contribution in [-0.4, -0.2) is 18.4 Å². The van der Waals surface area contributed by atoms with E-state index in [0.29, 0.717) is 13.2 Å². The zero-order valence-corrected chi connectivity index (χ0v) is 10.2. The number of rotatable bonds is 5. The van der Waals surface area contributed by atoms with Gasteiger partial charge in [0.25, 0.3) is 0 Å². The van der Waals surface area contributed by atoms with Crippen LogP contribution in [0.2, 0.25) is 0 Å². The van der Waals surface area contributed by atoms with Gasteiger partial charge in [-0.3, -0.25) is 0 Å². The van der Waals surface area contributed by atoms with Gasteiger partial charge in [-0.15, -0.1) is 11.6 Å². The van der Waals surface area contributed by atoms with Crippen molar-refractivity contribution in [2.45, 2.75) is 25.4 Å². The molecular weight excluding hydrogens is 246 g/mol. The zero-order valence-electron chi connectivity index (χ0n) is 9.46. The van der Waals surface area contributed by atoms with Crippen molar-refractivity contribution < 1.29 is 13.5 Å². The van der Waals surface area contributed by atoms with Crippen molar-refractivity contribution in [2.75, 3.05) is 12.5 Å². The zero-order chi connectivity index (χ0) is 12.4. The highest BCUT2D eigenvalue weighted by Gasteiger charge is 2.56. The molecule has 0 unspecified atom stereocenters. The summed E-state index contributed by atoms with van der Waals surface area (Å²) in [4.78, 5) is 0. The molecule has 4 heteroatoms. The van der Waals surface area contributed by atoms with E-state index in [9.17, 15) is 8.78 Å². The largest absolute Gasteiger partial charge is 0.376 e. The summed E-state index contributed by atoms with van der Waals surface area (Å²) in [7, 11) is 0. The second kappa shape index (κ2) is 4.91. The molecule has 0 spiro atoms. The molecule has 0 aliphatic heterocycles. The summed E-state index contributed by atoms with van der Waals surface area (Å²) >= 11 is 5.76. The van der Waals surface area contributed by atoms with Gasteiger partial charge in [-0.2, -0.15) is 0 Å². The second-order valence-electron chi connectivity index (χ2n) is 4.82. The average Bonchev–Trinajstić information content (AvgIpc) is 2.27. The normalized spacial score (nSPS) is 20.9. The first-order valence-corrected chi connectivity index (χ1v) is 6.14. The van der Waals surface area contributed by atoms with Crippen LogP contribution in [0, 0.1) is 5.41 Å². The summed E-state index contributed by atoms with van der Waals surface area (Å²) in [5, 5.41) is 0. The number of hydrogen-bond donors (Lipinski definition) is 0. The number of halogens is 3. The number of benzene rings is 1. The Morgan fingerprint density at radius 2 is 1.82 bits per heavy atom. The van der Waals surface area contributed by atoms with Gasteiger partial charge in [0.15, 0.2) is 0 Å². The van der Waals surface area contributed by atoms with E-state index < -0.39 is 11.3 Å². The lowest BCUT2D eigenvalue weighted by molar-refractivity contribution is -0.174. The number of hydrogen-bond acceptors (Lipinski definition) is 1. The predicted molar refractivity (Wildman–Crippen MR) is 63.4 cm³/mol. The van der Waals surface area contributed by atoms with Gasteiger partial charge in [0.1, 0.15) is 0 Å². The number of ether oxygens (including phenoxy) is 1. The van der Waals surface area contributed by atoms with Crippen LogP contribution in [0.4, 0.5) is 8.78 Å². The summed E-state index contributed by atoms with van der Waals surface area (Å²) in [6, 6.07) is 9.67. The van der Waals surface area contributed by atoms with Crippen molar-refractivity contribution in [3.63, 3.8) is 0 Å². The third kappa shape index (κ3) is 3.17. The molecule has 1 nitrogen and oxygen atoms in total. The Morgan fingerprint density at radius 3 is 2.35 bits per heavy atom. The van der Waals surface area contributed by atoms with Gasteiger partial charge in [0, 0.05) is 24.1 Å². The van der Waals surface area contributed by atoms with Crippen LogP contribution in [-0.2, 0) is 11.3 Å². The third-order valence-electron chi connectivity index (χ3n) is 3.07. The van der Waals surface area contributed by atoms with Crippen molar-refractivity contribution in [3.8, 4) is 0 Å². The fraction of sp³-hybridized carbons (Fsp3) is 0.538. The topological polar surface area (TPSA) is 9.23 Å². The first-order chi connectivity index (χ1) is 8.05. The van der Waals surface area contributed by atoms with E-state index in [1.807, 2.05) is 30.3 Å². The van der Waals surface area contributed by atoms with Crippen molar-refractivity contribution in [1.82, 2.24) is 0 Å². The summed E-state index contributed by atoms with van der Waals surface area (Å²) < 4.78 is 31.2. The predicted octanol–water partition coefficient (Wildman–Crippen LogP) is 3.86. The molecule has 0 N–H and O–H groups in total. The molecule has 0 aromatic heterocycles. The van der Waals surface area contributed by atoms with Crippen molar-refractivity contribution in [3.05, 3.63) is 35.9 Å². The van der Waals surface area contributed by atoms with E-state index >= 15 is 0 Å². The minimum absolute atomic E-state index is 0.154. The Morgan fingerprint density at radius 1 is 1.18 bits per heavy atom. The van der Waals surface area contributed by atoms with E-state index in [0.717, 1.165) is 5.56 Å². The summed E-state index contributed by atoms with van der Waals surface area (Å²) in [5.74, 6) is -2.32. The molecule has 94 valence electrons. The molecular formula is C13H15ClF2O. The highest BCUT2D eigenvalue weighted by Crippen LogP contribution is 2.52. The molecule has 1 aliphatic carbocycles. The van der Waals surface area contributed by atoms with Crippen LogP contribution in [0.15, 0.2) is 30.3 Å². The minimum atomic E-state index is -2.55. The molecule has 1 aliphatic rings. The second-order valence-corrected chi connectivity index (χ2v) is 5.09. The molecule has 0 atom stereocenters. The first kappa shape index (κ1) is 12.8. The van der Waals surface area contributed by atoms with E-state index in [1.165, 1.54) is 0 Å². The smallest absolute Gasteiger partial charge is 0.249 e. The molecule has 0 saturated heterocycles. The SMILES string of the molecule is FC1(F)CC(CCl)(COCc2ccccc2)C1. The van der Waals surface area contributed by atoms with E-state index in [-0.39, 0.29) is 18.7 Å². The van der Waals surface area contributed by atoms with E-state index in [1.54, 1.807) is 0 Å². The molecule has 0 amide bonds. The van der Waals surface area contributed by atoms with Gasteiger partial charge in [-0.05, 0) is 5.56 Å². The quantitative estimate of drug-likeness (QED) is 0.731. The van der Waals surface area contributed by atoms with Crippen molar-refractivity contribution in [2.24, 2.45) is 5.41 Å². The lowest BCUT2D eigenvalue weighted by atomic mass is 9.68. The Hall–Kier alpha value is -0.670. The summed E-state index contributed by atoms with van der Waals surface area (Å²) in [5.41, 5.74) is 0.517. The lowest BCUT2D eigenvalue weighted by Crippen LogP contribution is -2.50. The maximum absolute atomic E-state index is 12.9. The maximum atomic E-state index is 12.9. The maximum Gasteiger partial charge on any atom is 0.249 e. The van der Waals surface area contributed by atoms with Crippen molar-refractivity contribution in [1.29, 1.82) is 0 Å². The van der Waals surface area contributed by atoms with Gasteiger partial charge in [-0.25, -0.2) is 8.78 Å².